The summed E-state index contributed by atoms with van der Waals surface area (Å²) >= 11 is 6.13. The number of likely N-dealkylation sites (tertiary alicyclic amines) is 1. The van der Waals surface area contributed by atoms with Crippen LogP contribution in [0, 0.1) is 11.8 Å². The molecule has 0 unspecified atom stereocenters. The summed E-state index contributed by atoms with van der Waals surface area (Å²) in [4.78, 5) is 41.0. The Morgan fingerprint density at radius 3 is 1.89 bits per heavy atom. The van der Waals surface area contributed by atoms with Crippen LogP contribution < -0.4 is 10.5 Å². The van der Waals surface area contributed by atoms with Crippen molar-refractivity contribution in [2.24, 2.45) is 17.6 Å². The van der Waals surface area contributed by atoms with Crippen LogP contribution in [0.5, 0.6) is 5.75 Å². The molecule has 1 fully saturated rings. The maximum atomic E-state index is 9.64. The lowest BCUT2D eigenvalue weighted by Crippen LogP contribution is -2.23. The highest BCUT2D eigenvalue weighted by atomic mass is 35.5. The van der Waals surface area contributed by atoms with Gasteiger partial charge in [-0.05, 0) is 49.5 Å². The lowest BCUT2D eigenvalue weighted by Gasteiger charge is -2.19. The molecule has 12 heteroatoms. The van der Waals surface area contributed by atoms with Crippen LogP contribution in [0.2, 0.25) is 5.02 Å². The van der Waals surface area contributed by atoms with Gasteiger partial charge in [0.05, 0.1) is 32.3 Å². The Bertz CT molecular complexity index is 793. The fraction of sp³-hybridized carbons (Fsp3) is 0.583. The summed E-state index contributed by atoms with van der Waals surface area (Å²) in [7, 11) is 0. The third-order valence-electron chi connectivity index (χ3n) is 4.80. The molecule has 0 aromatic heterocycles. The van der Waals surface area contributed by atoms with Crippen molar-refractivity contribution in [2.45, 2.75) is 52.5 Å². The number of hydrogen-bond acceptors (Lipinski definition) is 7. The van der Waals surface area contributed by atoms with Crippen LogP contribution in [0.25, 0.3) is 0 Å². The zero-order valence-corrected chi connectivity index (χ0v) is 21.4. The molecule has 1 atom stereocenters. The normalized spacial score (nSPS) is 14.8. The van der Waals surface area contributed by atoms with Gasteiger partial charge in [-0.15, -0.1) is 0 Å². The summed E-state index contributed by atoms with van der Waals surface area (Å²) in [5.41, 5.74) is 6.93. The minimum atomic E-state index is -1.08. The highest BCUT2D eigenvalue weighted by Crippen LogP contribution is 2.27. The smallest absolute Gasteiger partial charge is 0.303 e. The zero-order valence-electron chi connectivity index (χ0n) is 20.7. The number of carboxylic acid groups (broad SMARTS) is 4. The lowest BCUT2D eigenvalue weighted by atomic mass is 10.1. The number of aliphatic carboxylic acids is 4. The predicted octanol–water partition coefficient (Wildman–Crippen LogP) is 3.03. The topological polar surface area (TPSA) is 188 Å². The Labute approximate surface area is 215 Å². The second kappa shape index (κ2) is 18.4. The molecule has 0 radical (unpaired) electrons. The minimum absolute atomic E-state index is 0.296. The van der Waals surface area contributed by atoms with E-state index < -0.39 is 23.9 Å². The molecule has 6 N–H and O–H groups in total. The fourth-order valence-corrected chi connectivity index (χ4v) is 3.18. The maximum absolute atomic E-state index is 9.64. The fourth-order valence-electron chi connectivity index (χ4n) is 2.99. The number of carbonyl (C=O) groups is 4. The van der Waals surface area contributed by atoms with Crippen molar-refractivity contribution in [1.29, 1.82) is 0 Å². The van der Waals surface area contributed by atoms with E-state index in [1.54, 1.807) is 0 Å². The van der Waals surface area contributed by atoms with Crippen LogP contribution in [0.4, 0.5) is 0 Å². The molecule has 1 aromatic carbocycles. The van der Waals surface area contributed by atoms with E-state index in [4.69, 9.17) is 42.5 Å². The molecule has 1 saturated heterocycles. The van der Waals surface area contributed by atoms with E-state index >= 15 is 0 Å². The number of nitrogens with zero attached hydrogens (tertiary/aromatic N) is 1. The van der Waals surface area contributed by atoms with E-state index in [0.29, 0.717) is 11.8 Å². The van der Waals surface area contributed by atoms with Crippen molar-refractivity contribution in [1.82, 2.24) is 4.90 Å². The molecular formula is C24H37ClN2O9. The van der Waals surface area contributed by atoms with Crippen molar-refractivity contribution in [2.75, 3.05) is 26.2 Å². The predicted molar refractivity (Wildman–Crippen MR) is 133 cm³/mol. The number of halogens is 1. The number of benzene rings is 1. The van der Waals surface area contributed by atoms with Gasteiger partial charge in [0.2, 0.25) is 0 Å². The molecular weight excluding hydrogens is 496 g/mol. The molecule has 1 heterocycles. The van der Waals surface area contributed by atoms with Gasteiger partial charge >= 0.3 is 23.9 Å². The summed E-state index contributed by atoms with van der Waals surface area (Å²) in [6.45, 7) is 8.90. The van der Waals surface area contributed by atoms with Crippen LogP contribution in [-0.4, -0.2) is 75.4 Å². The van der Waals surface area contributed by atoms with E-state index in [0.717, 1.165) is 43.6 Å². The minimum Gasteiger partial charge on any atom is -0.493 e. The Morgan fingerprint density at radius 2 is 1.50 bits per heavy atom. The average Bonchev–Trinajstić information content (AvgIpc) is 3.24. The summed E-state index contributed by atoms with van der Waals surface area (Å²) in [5.74, 6) is -2.19. The van der Waals surface area contributed by atoms with Gasteiger partial charge in [-0.1, -0.05) is 25.4 Å². The second-order valence-corrected chi connectivity index (χ2v) is 9.09. The maximum Gasteiger partial charge on any atom is 0.303 e. The molecule has 204 valence electrons. The van der Waals surface area contributed by atoms with E-state index in [-0.39, 0.29) is 25.7 Å². The molecule has 0 amide bonds. The Balaban J connectivity index is 0.000000634. The molecule has 0 spiro atoms. The van der Waals surface area contributed by atoms with Crippen molar-refractivity contribution >= 4 is 35.5 Å². The molecule has 0 aliphatic carbocycles. The first kappa shape index (κ1) is 33.1. The zero-order chi connectivity index (χ0) is 27.7. The molecule has 1 aliphatic rings. The Hall–Kier alpha value is -2.89. The Kier molecular flexibility index (Phi) is 16.9. The van der Waals surface area contributed by atoms with Crippen LogP contribution in [-0.2, 0) is 25.7 Å². The molecule has 11 nitrogen and oxygen atoms in total. The van der Waals surface area contributed by atoms with Gasteiger partial charge in [0.15, 0.2) is 0 Å². The molecule has 1 aromatic rings. The van der Waals surface area contributed by atoms with Crippen LogP contribution in [0.15, 0.2) is 18.2 Å². The molecule has 0 bridgehead atoms. The van der Waals surface area contributed by atoms with Crippen molar-refractivity contribution in [3.05, 3.63) is 28.8 Å². The summed E-state index contributed by atoms with van der Waals surface area (Å²) in [6, 6.07) is 5.90. The summed E-state index contributed by atoms with van der Waals surface area (Å²) in [5, 5.41) is 32.4. The lowest BCUT2D eigenvalue weighted by molar-refractivity contribution is -0.143. The summed E-state index contributed by atoms with van der Waals surface area (Å²) in [6.07, 6.45) is 0.00852. The number of carboxylic acids is 4. The van der Waals surface area contributed by atoms with E-state index in [9.17, 15) is 19.2 Å². The van der Waals surface area contributed by atoms with Crippen molar-refractivity contribution < 1.29 is 44.3 Å². The monoisotopic (exact) mass is 532 g/mol. The van der Waals surface area contributed by atoms with E-state index in [1.807, 2.05) is 18.2 Å². The van der Waals surface area contributed by atoms with Gasteiger partial charge in [0.25, 0.3) is 0 Å². The van der Waals surface area contributed by atoms with Crippen molar-refractivity contribution in [3.8, 4) is 5.75 Å². The Morgan fingerprint density at radius 1 is 1.00 bits per heavy atom. The standard InChI is InChI=1S/C16H25ClN2O.2C4H6O4/c1-12(2)11-20-16-4-3-15(17)7-14(16)10-19-6-5-13(8-18)9-19;2*5-3(6)1-2-4(7)8/h3-4,7,12-13H,5-6,8-11,18H2,1-2H3;2*1-2H2,(H,5,6)(H,7,8)/t13-;;/m0../s1. The summed E-state index contributed by atoms with van der Waals surface area (Å²) < 4.78 is 5.91. The van der Waals surface area contributed by atoms with Crippen LogP contribution >= 0.6 is 11.6 Å². The highest BCUT2D eigenvalue weighted by molar-refractivity contribution is 6.30. The first-order valence-corrected chi connectivity index (χ1v) is 11.9. The molecule has 36 heavy (non-hydrogen) atoms. The number of rotatable bonds is 12. The SMILES string of the molecule is CC(C)COc1ccc(Cl)cc1CN1CC[C@@H](CN)C1.O=C(O)CCC(=O)O.O=C(O)CCC(=O)O. The third-order valence-corrected chi connectivity index (χ3v) is 5.03. The number of nitrogens with two attached hydrogens (primary N) is 1. The second-order valence-electron chi connectivity index (χ2n) is 8.66. The highest BCUT2D eigenvalue weighted by Gasteiger charge is 2.22. The number of hydrogen-bond donors (Lipinski definition) is 5. The van der Waals surface area contributed by atoms with E-state index in [1.165, 1.54) is 12.0 Å². The average molecular weight is 533 g/mol. The van der Waals surface area contributed by atoms with Crippen LogP contribution in [0.3, 0.4) is 0 Å². The van der Waals surface area contributed by atoms with Gasteiger partial charge in [-0.25, -0.2) is 0 Å². The largest absolute Gasteiger partial charge is 0.493 e. The van der Waals surface area contributed by atoms with Gasteiger partial charge in [0.1, 0.15) is 5.75 Å². The van der Waals surface area contributed by atoms with Gasteiger partial charge in [0, 0.05) is 23.7 Å². The van der Waals surface area contributed by atoms with Gasteiger partial charge in [-0.2, -0.15) is 0 Å². The van der Waals surface area contributed by atoms with Gasteiger partial charge in [-0.3, -0.25) is 24.1 Å². The molecule has 0 saturated carbocycles. The first-order valence-electron chi connectivity index (χ1n) is 11.5. The van der Waals surface area contributed by atoms with Gasteiger partial charge < -0.3 is 30.9 Å². The molecule has 2 rings (SSSR count). The third kappa shape index (κ3) is 17.5. The molecule has 1 aliphatic heterocycles. The quantitative estimate of drug-likeness (QED) is 0.266. The van der Waals surface area contributed by atoms with Crippen molar-refractivity contribution in [3.63, 3.8) is 0 Å². The van der Waals surface area contributed by atoms with E-state index in [2.05, 4.69) is 18.7 Å². The van der Waals surface area contributed by atoms with Crippen LogP contribution in [0.1, 0.15) is 51.5 Å². The first-order chi connectivity index (χ1) is 16.8. The number of ether oxygens (including phenoxy) is 1.